The lowest BCUT2D eigenvalue weighted by molar-refractivity contribution is -0.175. The molecule has 1 aliphatic rings. The van der Waals surface area contributed by atoms with Crippen molar-refractivity contribution in [2.75, 3.05) is 0 Å². The summed E-state index contributed by atoms with van der Waals surface area (Å²) in [6, 6.07) is 8.65. The summed E-state index contributed by atoms with van der Waals surface area (Å²) in [7, 11) is 0. The minimum atomic E-state index is -2.39. The fourth-order valence-electron chi connectivity index (χ4n) is 3.01. The molecule has 0 bridgehead atoms. The van der Waals surface area contributed by atoms with Crippen LogP contribution in [0.15, 0.2) is 42.5 Å². The van der Waals surface area contributed by atoms with Gasteiger partial charge in [-0.3, -0.25) is 4.21 Å². The number of esters is 1. The zero-order valence-electron chi connectivity index (χ0n) is 14.2. The standard InChI is InChI=1S/C19H16F2O5S/c1-2-19(23)17(14-8-3-11(9-15(14)21)10-27(24)25)16(18(22)26-19)12-4-6-13(20)7-5-12/h3-9,23H,2,10H2,1H3,(H,24,25)/p-1. The van der Waals surface area contributed by atoms with Crippen molar-refractivity contribution in [2.24, 2.45) is 0 Å². The Morgan fingerprint density at radius 3 is 2.41 bits per heavy atom. The van der Waals surface area contributed by atoms with Crippen LogP contribution >= 0.6 is 0 Å². The number of hydrogen-bond acceptors (Lipinski definition) is 5. The van der Waals surface area contributed by atoms with Crippen molar-refractivity contribution in [1.82, 2.24) is 0 Å². The van der Waals surface area contributed by atoms with E-state index in [1.165, 1.54) is 24.3 Å². The number of rotatable bonds is 5. The number of halogens is 2. The number of cyclic esters (lactones) is 1. The van der Waals surface area contributed by atoms with Crippen LogP contribution in [-0.2, 0) is 26.4 Å². The van der Waals surface area contributed by atoms with Crippen molar-refractivity contribution in [1.29, 1.82) is 0 Å². The lowest BCUT2D eigenvalue weighted by atomic mass is 9.89. The monoisotopic (exact) mass is 393 g/mol. The van der Waals surface area contributed by atoms with Crippen LogP contribution in [0, 0.1) is 11.6 Å². The summed E-state index contributed by atoms with van der Waals surface area (Å²) < 4.78 is 54.7. The van der Waals surface area contributed by atoms with Crippen LogP contribution < -0.4 is 0 Å². The highest BCUT2D eigenvalue weighted by Gasteiger charge is 2.47. The minimum Gasteiger partial charge on any atom is -0.772 e. The summed E-state index contributed by atoms with van der Waals surface area (Å²) in [5, 5.41) is 10.8. The zero-order valence-corrected chi connectivity index (χ0v) is 15.0. The van der Waals surface area contributed by atoms with Crippen LogP contribution in [0.5, 0.6) is 0 Å². The number of carbonyl (C=O) groups excluding carboxylic acids is 1. The van der Waals surface area contributed by atoms with E-state index < -0.39 is 34.5 Å². The Morgan fingerprint density at radius 1 is 1.19 bits per heavy atom. The van der Waals surface area contributed by atoms with Gasteiger partial charge in [0.05, 0.1) is 5.57 Å². The number of benzene rings is 2. The highest BCUT2D eigenvalue weighted by atomic mass is 32.2. The number of hydrogen-bond donors (Lipinski definition) is 1. The molecule has 1 heterocycles. The molecule has 2 atom stereocenters. The summed E-state index contributed by atoms with van der Waals surface area (Å²) in [6.07, 6.45) is -0.0372. The minimum absolute atomic E-state index is 0.0372. The third-order valence-electron chi connectivity index (χ3n) is 4.31. The average molecular weight is 393 g/mol. The summed E-state index contributed by atoms with van der Waals surface area (Å²) >= 11 is -2.39. The molecule has 27 heavy (non-hydrogen) atoms. The first-order valence-corrected chi connectivity index (χ1v) is 9.30. The first kappa shape index (κ1) is 19.3. The molecule has 5 nitrogen and oxygen atoms in total. The van der Waals surface area contributed by atoms with Gasteiger partial charge in [0.2, 0.25) is 5.79 Å². The molecule has 3 rings (SSSR count). The third kappa shape index (κ3) is 3.69. The maximum Gasteiger partial charge on any atom is 0.342 e. The number of ether oxygens (including phenoxy) is 1. The Morgan fingerprint density at radius 2 is 1.85 bits per heavy atom. The van der Waals surface area contributed by atoms with Gasteiger partial charge in [-0.2, -0.15) is 0 Å². The van der Waals surface area contributed by atoms with Crippen LogP contribution in [0.3, 0.4) is 0 Å². The van der Waals surface area contributed by atoms with Crippen LogP contribution in [0.4, 0.5) is 8.78 Å². The van der Waals surface area contributed by atoms with Gasteiger partial charge in [-0.1, -0.05) is 42.3 Å². The normalized spacial score (nSPS) is 20.7. The molecule has 0 saturated heterocycles. The lowest BCUT2D eigenvalue weighted by Crippen LogP contribution is -2.30. The molecule has 0 radical (unpaired) electrons. The second-order valence-electron chi connectivity index (χ2n) is 6.05. The van der Waals surface area contributed by atoms with Gasteiger partial charge in [-0.15, -0.1) is 0 Å². The summed E-state index contributed by atoms with van der Waals surface area (Å²) in [5.74, 6) is -4.60. The maximum atomic E-state index is 14.7. The van der Waals surface area contributed by atoms with E-state index in [1.54, 1.807) is 6.92 Å². The van der Waals surface area contributed by atoms with Crippen LogP contribution in [0.1, 0.15) is 30.0 Å². The molecule has 8 heteroatoms. The first-order valence-electron chi connectivity index (χ1n) is 8.06. The van der Waals surface area contributed by atoms with Crippen molar-refractivity contribution in [3.63, 3.8) is 0 Å². The molecule has 0 saturated carbocycles. The number of carbonyl (C=O) groups is 1. The molecule has 1 N–H and O–H groups in total. The van der Waals surface area contributed by atoms with E-state index in [0.717, 1.165) is 18.2 Å². The molecule has 0 fully saturated rings. The molecular weight excluding hydrogens is 378 g/mol. The first-order chi connectivity index (χ1) is 12.7. The van der Waals surface area contributed by atoms with E-state index in [9.17, 15) is 27.4 Å². The Kier molecular flexibility index (Phi) is 5.23. The van der Waals surface area contributed by atoms with E-state index in [0.29, 0.717) is 0 Å². The molecule has 0 spiro atoms. The van der Waals surface area contributed by atoms with Gasteiger partial charge in [0.25, 0.3) is 0 Å². The van der Waals surface area contributed by atoms with Gasteiger partial charge in [-0.25, -0.2) is 13.6 Å². The van der Waals surface area contributed by atoms with Crippen molar-refractivity contribution < 1.29 is 32.2 Å². The Hall–Kier alpha value is -2.42. The fraction of sp³-hybridized carbons (Fsp3) is 0.211. The SMILES string of the molecule is CCC1(O)OC(=O)C(c2ccc(F)cc2)=C1c1ccc(CS(=O)[O-])cc1F. The van der Waals surface area contributed by atoms with E-state index in [2.05, 4.69) is 0 Å². The second kappa shape index (κ2) is 7.30. The fourth-order valence-corrected chi connectivity index (χ4v) is 3.46. The van der Waals surface area contributed by atoms with Gasteiger partial charge in [0.15, 0.2) is 0 Å². The molecule has 2 aromatic carbocycles. The predicted molar refractivity (Wildman–Crippen MR) is 93.6 cm³/mol. The van der Waals surface area contributed by atoms with Crippen molar-refractivity contribution in [3.8, 4) is 0 Å². The number of aliphatic hydroxyl groups is 1. The topological polar surface area (TPSA) is 86.7 Å². The van der Waals surface area contributed by atoms with Gasteiger partial charge < -0.3 is 14.4 Å². The Balaban J connectivity index is 2.21. The smallest absolute Gasteiger partial charge is 0.342 e. The van der Waals surface area contributed by atoms with Gasteiger partial charge in [0, 0.05) is 23.3 Å². The molecule has 0 amide bonds. The van der Waals surface area contributed by atoms with Gasteiger partial charge in [-0.05, 0) is 29.3 Å². The van der Waals surface area contributed by atoms with Crippen LogP contribution in [0.2, 0.25) is 0 Å². The maximum absolute atomic E-state index is 14.7. The van der Waals surface area contributed by atoms with Crippen molar-refractivity contribution >= 4 is 28.2 Å². The van der Waals surface area contributed by atoms with Crippen molar-refractivity contribution in [2.45, 2.75) is 24.9 Å². The highest BCUT2D eigenvalue weighted by molar-refractivity contribution is 7.78. The molecule has 1 aliphatic heterocycles. The van der Waals surface area contributed by atoms with Gasteiger partial charge >= 0.3 is 5.97 Å². The molecule has 2 unspecified atom stereocenters. The third-order valence-corrected chi connectivity index (χ3v) is 4.87. The highest BCUT2D eigenvalue weighted by Crippen LogP contribution is 2.45. The Bertz CT molecular complexity index is 955. The second-order valence-corrected chi connectivity index (χ2v) is 6.94. The van der Waals surface area contributed by atoms with Crippen molar-refractivity contribution in [3.05, 3.63) is 70.8 Å². The lowest BCUT2D eigenvalue weighted by Gasteiger charge is -2.24. The van der Waals surface area contributed by atoms with E-state index >= 15 is 0 Å². The molecule has 0 aliphatic carbocycles. The zero-order chi connectivity index (χ0) is 19.8. The van der Waals surface area contributed by atoms with E-state index in [1.807, 2.05) is 0 Å². The quantitative estimate of drug-likeness (QED) is 0.624. The molecule has 0 aromatic heterocycles. The summed E-state index contributed by atoms with van der Waals surface area (Å²) in [6.45, 7) is 1.56. The van der Waals surface area contributed by atoms with E-state index in [-0.39, 0.29) is 40.0 Å². The Labute approximate surface area is 156 Å². The van der Waals surface area contributed by atoms with Gasteiger partial charge in [0.1, 0.15) is 11.6 Å². The largest absolute Gasteiger partial charge is 0.772 e. The molecule has 142 valence electrons. The summed E-state index contributed by atoms with van der Waals surface area (Å²) in [4.78, 5) is 12.4. The summed E-state index contributed by atoms with van der Waals surface area (Å²) in [5.41, 5.74) is 0.251. The molecular formula is C19H15F2O5S-. The van der Waals surface area contributed by atoms with E-state index in [4.69, 9.17) is 4.74 Å². The molecule has 2 aromatic rings. The predicted octanol–water partition coefficient (Wildman–Crippen LogP) is 2.91. The average Bonchev–Trinajstić information content (AvgIpc) is 2.87. The van der Waals surface area contributed by atoms with Crippen LogP contribution in [0.25, 0.3) is 11.1 Å². The van der Waals surface area contributed by atoms with Crippen LogP contribution in [-0.4, -0.2) is 25.6 Å².